The zero-order valence-corrected chi connectivity index (χ0v) is 11.4. The van der Waals surface area contributed by atoms with Crippen LogP contribution in [-0.2, 0) is 4.79 Å². The summed E-state index contributed by atoms with van der Waals surface area (Å²) in [4.78, 5) is 24.0. The number of carboxylic acid groups (broad SMARTS) is 1. The number of nitrogens with zero attached hydrogens (tertiary/aromatic N) is 1. The number of rotatable bonds is 2. The van der Waals surface area contributed by atoms with E-state index in [1.165, 1.54) is 18.2 Å². The Bertz CT molecular complexity index is 576. The van der Waals surface area contributed by atoms with Gasteiger partial charge in [0.1, 0.15) is 0 Å². The van der Waals surface area contributed by atoms with Crippen molar-refractivity contribution in [3.63, 3.8) is 0 Å². The molecule has 1 fully saturated rings. The Kier molecular flexibility index (Phi) is 4.13. The van der Waals surface area contributed by atoms with Gasteiger partial charge in [-0.1, -0.05) is 23.7 Å². The van der Waals surface area contributed by atoms with Gasteiger partial charge >= 0.3 is 12.1 Å². The highest BCUT2D eigenvalue weighted by molar-refractivity contribution is 6.33. The first kappa shape index (κ1) is 15.6. The van der Waals surface area contributed by atoms with Gasteiger partial charge in [0.25, 0.3) is 5.91 Å². The number of alkyl halides is 3. The van der Waals surface area contributed by atoms with E-state index >= 15 is 0 Å². The molecule has 1 aliphatic heterocycles. The van der Waals surface area contributed by atoms with Crippen LogP contribution in [0.1, 0.15) is 10.4 Å². The number of carbonyl (C=O) groups excluding carboxylic acids is 1. The minimum Gasteiger partial charge on any atom is -0.481 e. The predicted octanol–water partition coefficient (Wildman–Crippen LogP) is 2.68. The van der Waals surface area contributed by atoms with Crippen molar-refractivity contribution in [2.24, 2.45) is 11.8 Å². The Morgan fingerprint density at radius 3 is 2.33 bits per heavy atom. The zero-order chi connectivity index (χ0) is 15.8. The summed E-state index contributed by atoms with van der Waals surface area (Å²) in [7, 11) is 0. The second-order valence-electron chi connectivity index (χ2n) is 4.78. The van der Waals surface area contributed by atoms with Crippen LogP contribution in [0.15, 0.2) is 24.3 Å². The molecular formula is C13H11ClF3NO3. The number of carbonyl (C=O) groups is 2. The quantitative estimate of drug-likeness (QED) is 0.911. The molecule has 1 aromatic rings. The molecule has 0 aromatic heterocycles. The smallest absolute Gasteiger partial charge is 0.394 e. The topological polar surface area (TPSA) is 57.6 Å². The van der Waals surface area contributed by atoms with Crippen molar-refractivity contribution in [2.45, 2.75) is 6.18 Å². The molecule has 4 nitrogen and oxygen atoms in total. The zero-order valence-electron chi connectivity index (χ0n) is 10.6. The van der Waals surface area contributed by atoms with Crippen LogP contribution in [0.25, 0.3) is 0 Å². The van der Waals surface area contributed by atoms with Gasteiger partial charge in [-0.3, -0.25) is 9.59 Å². The van der Waals surface area contributed by atoms with E-state index in [2.05, 4.69) is 0 Å². The third kappa shape index (κ3) is 3.12. The van der Waals surface area contributed by atoms with Crippen molar-refractivity contribution in [3.05, 3.63) is 34.9 Å². The van der Waals surface area contributed by atoms with Crippen LogP contribution in [0, 0.1) is 11.8 Å². The number of hydrogen-bond donors (Lipinski definition) is 1. The average Bonchev–Trinajstić information content (AvgIpc) is 2.83. The second-order valence-corrected chi connectivity index (χ2v) is 5.19. The minimum absolute atomic E-state index is 0.0612. The summed E-state index contributed by atoms with van der Waals surface area (Å²) in [5, 5.41) is 9.02. The van der Waals surface area contributed by atoms with Crippen LogP contribution in [0.4, 0.5) is 13.2 Å². The van der Waals surface area contributed by atoms with E-state index in [-0.39, 0.29) is 10.6 Å². The Labute approximate surface area is 123 Å². The van der Waals surface area contributed by atoms with Crippen LogP contribution < -0.4 is 0 Å². The molecule has 1 aliphatic rings. The predicted molar refractivity (Wildman–Crippen MR) is 68.0 cm³/mol. The van der Waals surface area contributed by atoms with Crippen molar-refractivity contribution in [2.75, 3.05) is 13.1 Å². The summed E-state index contributed by atoms with van der Waals surface area (Å²) in [5.74, 6) is -5.98. The molecule has 114 valence electrons. The van der Waals surface area contributed by atoms with Gasteiger partial charge in [-0.2, -0.15) is 13.2 Å². The van der Waals surface area contributed by atoms with Gasteiger partial charge in [0.15, 0.2) is 0 Å². The molecule has 0 saturated carbocycles. The van der Waals surface area contributed by atoms with Gasteiger partial charge < -0.3 is 10.0 Å². The van der Waals surface area contributed by atoms with Gasteiger partial charge in [0.2, 0.25) is 0 Å². The molecule has 1 N–H and O–H groups in total. The molecule has 2 rings (SSSR count). The highest BCUT2D eigenvalue weighted by Gasteiger charge is 2.53. The molecule has 8 heteroatoms. The number of aliphatic carboxylic acids is 1. The fourth-order valence-corrected chi connectivity index (χ4v) is 2.57. The lowest BCUT2D eigenvalue weighted by molar-refractivity contribution is -0.187. The van der Waals surface area contributed by atoms with Crippen molar-refractivity contribution >= 4 is 23.5 Å². The molecule has 0 spiro atoms. The molecule has 21 heavy (non-hydrogen) atoms. The third-order valence-electron chi connectivity index (χ3n) is 3.45. The Morgan fingerprint density at radius 1 is 1.24 bits per heavy atom. The maximum atomic E-state index is 12.9. The monoisotopic (exact) mass is 321 g/mol. The van der Waals surface area contributed by atoms with Gasteiger partial charge in [-0.25, -0.2) is 0 Å². The summed E-state index contributed by atoms with van der Waals surface area (Å²) in [6, 6.07) is 5.95. The first-order valence-electron chi connectivity index (χ1n) is 6.05. The summed E-state index contributed by atoms with van der Waals surface area (Å²) < 4.78 is 38.6. The van der Waals surface area contributed by atoms with Crippen LogP contribution in [0.2, 0.25) is 5.02 Å². The van der Waals surface area contributed by atoms with E-state index in [4.69, 9.17) is 16.7 Å². The molecule has 2 atom stereocenters. The maximum absolute atomic E-state index is 12.9. The first-order chi connectivity index (χ1) is 9.71. The van der Waals surface area contributed by atoms with E-state index < -0.39 is 43.0 Å². The van der Waals surface area contributed by atoms with E-state index in [9.17, 15) is 22.8 Å². The molecule has 0 aliphatic carbocycles. The largest absolute Gasteiger partial charge is 0.481 e. The molecule has 0 bridgehead atoms. The number of carboxylic acids is 1. The number of benzene rings is 1. The summed E-state index contributed by atoms with van der Waals surface area (Å²) in [6.45, 7) is -1.16. The van der Waals surface area contributed by atoms with Crippen molar-refractivity contribution in [1.29, 1.82) is 0 Å². The summed E-state index contributed by atoms with van der Waals surface area (Å²) >= 11 is 5.84. The molecule has 1 aromatic carbocycles. The van der Waals surface area contributed by atoms with Gasteiger partial charge in [-0.05, 0) is 12.1 Å². The van der Waals surface area contributed by atoms with E-state index in [1.54, 1.807) is 6.07 Å². The molecule has 0 radical (unpaired) electrons. The Hall–Kier alpha value is -1.76. The number of likely N-dealkylation sites (tertiary alicyclic amines) is 1. The maximum Gasteiger partial charge on any atom is 0.394 e. The van der Waals surface area contributed by atoms with Crippen molar-refractivity contribution in [3.8, 4) is 0 Å². The number of halogens is 4. The van der Waals surface area contributed by atoms with E-state index in [0.29, 0.717) is 0 Å². The fraction of sp³-hybridized carbons (Fsp3) is 0.385. The highest BCUT2D eigenvalue weighted by Crippen LogP contribution is 2.38. The van der Waals surface area contributed by atoms with E-state index in [1.807, 2.05) is 0 Å². The van der Waals surface area contributed by atoms with E-state index in [0.717, 1.165) is 4.90 Å². The standard InChI is InChI=1S/C13H11ClF3NO3/c14-10-4-2-1-3-7(10)11(19)18-5-8(12(20)21)9(6-18)13(15,16)17/h1-4,8-9H,5-6H2,(H,20,21)/t8-,9-/m1/s1. The molecule has 0 unspecified atom stereocenters. The van der Waals surface area contributed by atoms with Crippen LogP contribution in [0.5, 0.6) is 0 Å². The molecule has 1 heterocycles. The van der Waals surface area contributed by atoms with Crippen molar-refractivity contribution in [1.82, 2.24) is 4.90 Å². The average molecular weight is 322 g/mol. The lowest BCUT2D eigenvalue weighted by Gasteiger charge is -2.18. The molecule has 1 saturated heterocycles. The number of amides is 1. The summed E-state index contributed by atoms with van der Waals surface area (Å²) in [6.07, 6.45) is -4.67. The Morgan fingerprint density at radius 2 is 1.86 bits per heavy atom. The fourth-order valence-electron chi connectivity index (χ4n) is 2.36. The normalized spacial score (nSPS) is 22.4. The highest BCUT2D eigenvalue weighted by atomic mass is 35.5. The molecule has 1 amide bonds. The second kappa shape index (κ2) is 5.55. The van der Waals surface area contributed by atoms with Gasteiger partial charge in [0.05, 0.1) is 22.4 Å². The number of hydrogen-bond acceptors (Lipinski definition) is 2. The first-order valence-corrected chi connectivity index (χ1v) is 6.43. The summed E-state index contributed by atoms with van der Waals surface area (Å²) in [5.41, 5.74) is 0.0612. The van der Waals surface area contributed by atoms with Crippen LogP contribution in [-0.4, -0.2) is 41.1 Å². The Balaban J connectivity index is 2.25. The lowest BCUT2D eigenvalue weighted by atomic mass is 9.96. The van der Waals surface area contributed by atoms with Gasteiger partial charge in [-0.15, -0.1) is 0 Å². The van der Waals surface area contributed by atoms with Crippen LogP contribution in [0.3, 0.4) is 0 Å². The third-order valence-corrected chi connectivity index (χ3v) is 3.78. The lowest BCUT2D eigenvalue weighted by Crippen LogP contribution is -2.34. The van der Waals surface area contributed by atoms with Gasteiger partial charge in [0, 0.05) is 13.1 Å². The SMILES string of the molecule is O=C(O)[C@@H]1CN(C(=O)c2ccccc2Cl)C[C@H]1C(F)(F)F. The van der Waals surface area contributed by atoms with Crippen LogP contribution >= 0.6 is 11.6 Å². The van der Waals surface area contributed by atoms with Crippen molar-refractivity contribution < 1.29 is 27.9 Å². The molecular weight excluding hydrogens is 311 g/mol. The minimum atomic E-state index is -4.67.